The molecule has 1 aliphatic rings. The molecule has 2 rings (SSSR count). The molecule has 0 saturated heterocycles. The molecule has 82 valence electrons. The summed E-state index contributed by atoms with van der Waals surface area (Å²) < 4.78 is 25.9. The first-order chi connectivity index (χ1) is 7.16. The minimum Gasteiger partial charge on any atom is -0.392 e. The second kappa shape index (κ2) is 4.49. The van der Waals surface area contributed by atoms with Gasteiger partial charge < -0.3 is 5.11 Å². The molecule has 0 aromatic heterocycles. The average Bonchev–Trinajstić information content (AvgIpc) is 2.57. The van der Waals surface area contributed by atoms with Crippen molar-refractivity contribution >= 4 is 11.8 Å². The molecule has 1 nitrogen and oxygen atoms in total. The topological polar surface area (TPSA) is 20.2 Å². The molecule has 1 fully saturated rings. The highest BCUT2D eigenvalue weighted by Gasteiger charge is 2.26. The lowest BCUT2D eigenvalue weighted by atomic mass is 10.3. The summed E-state index contributed by atoms with van der Waals surface area (Å²) in [6.07, 6.45) is 2.28. The minimum atomic E-state index is -0.566. The molecule has 0 bridgehead atoms. The highest BCUT2D eigenvalue weighted by Crippen LogP contribution is 2.36. The van der Waals surface area contributed by atoms with E-state index in [0.29, 0.717) is 4.90 Å². The molecule has 0 radical (unpaired) electrons. The number of halogens is 2. The van der Waals surface area contributed by atoms with E-state index < -0.39 is 11.6 Å². The summed E-state index contributed by atoms with van der Waals surface area (Å²) in [4.78, 5) is 0.419. The Kier molecular flexibility index (Phi) is 3.26. The van der Waals surface area contributed by atoms with E-state index in [-0.39, 0.29) is 11.4 Å². The van der Waals surface area contributed by atoms with Crippen LogP contribution in [0.1, 0.15) is 19.3 Å². The highest BCUT2D eigenvalue weighted by atomic mass is 32.2. The van der Waals surface area contributed by atoms with E-state index in [9.17, 15) is 13.9 Å². The molecule has 1 aromatic carbocycles. The van der Waals surface area contributed by atoms with Crippen LogP contribution in [0, 0.1) is 11.6 Å². The Hall–Kier alpha value is -0.610. The number of benzene rings is 1. The third-order valence-corrected chi connectivity index (χ3v) is 4.03. The SMILES string of the molecule is O[C@H]1CCC[C@@H]1Sc1ccc(F)cc1F. The Morgan fingerprint density at radius 1 is 1.27 bits per heavy atom. The van der Waals surface area contributed by atoms with E-state index in [2.05, 4.69) is 0 Å². The molecular formula is C11H12F2OS. The third kappa shape index (κ3) is 2.49. The Balaban J connectivity index is 2.10. The third-order valence-electron chi connectivity index (χ3n) is 2.59. The summed E-state index contributed by atoms with van der Waals surface area (Å²) in [7, 11) is 0. The molecule has 15 heavy (non-hydrogen) atoms. The van der Waals surface area contributed by atoms with Gasteiger partial charge in [-0.3, -0.25) is 0 Å². The van der Waals surface area contributed by atoms with Crippen LogP contribution in [0.4, 0.5) is 8.78 Å². The van der Waals surface area contributed by atoms with E-state index >= 15 is 0 Å². The zero-order chi connectivity index (χ0) is 10.8. The van der Waals surface area contributed by atoms with E-state index in [0.717, 1.165) is 25.3 Å². The van der Waals surface area contributed by atoms with Gasteiger partial charge in [0.1, 0.15) is 11.6 Å². The molecule has 1 N–H and O–H groups in total. The monoisotopic (exact) mass is 230 g/mol. The van der Waals surface area contributed by atoms with Crippen molar-refractivity contribution in [3.63, 3.8) is 0 Å². The van der Waals surface area contributed by atoms with Gasteiger partial charge in [-0.15, -0.1) is 11.8 Å². The van der Waals surface area contributed by atoms with Gasteiger partial charge in [0.25, 0.3) is 0 Å². The van der Waals surface area contributed by atoms with Crippen LogP contribution in [0.25, 0.3) is 0 Å². The second-order valence-corrected chi connectivity index (χ2v) is 5.01. The van der Waals surface area contributed by atoms with Gasteiger partial charge in [0.2, 0.25) is 0 Å². The first-order valence-corrected chi connectivity index (χ1v) is 5.84. The van der Waals surface area contributed by atoms with Crippen molar-refractivity contribution in [2.24, 2.45) is 0 Å². The van der Waals surface area contributed by atoms with Gasteiger partial charge in [0.15, 0.2) is 0 Å². The fourth-order valence-corrected chi connectivity index (χ4v) is 3.00. The predicted octanol–water partition coefficient (Wildman–Crippen LogP) is 2.97. The number of aliphatic hydroxyl groups is 1. The summed E-state index contributed by atoms with van der Waals surface area (Å²) >= 11 is 1.30. The fraction of sp³-hybridized carbons (Fsp3) is 0.455. The molecule has 0 heterocycles. The zero-order valence-corrected chi connectivity index (χ0v) is 8.94. The fourth-order valence-electron chi connectivity index (χ4n) is 1.78. The normalized spacial score (nSPS) is 25.8. The van der Waals surface area contributed by atoms with Crippen molar-refractivity contribution in [2.45, 2.75) is 35.5 Å². The van der Waals surface area contributed by atoms with Crippen LogP contribution in [-0.4, -0.2) is 16.5 Å². The van der Waals surface area contributed by atoms with Gasteiger partial charge in [-0.1, -0.05) is 0 Å². The maximum absolute atomic E-state index is 13.3. The van der Waals surface area contributed by atoms with Crippen molar-refractivity contribution in [1.82, 2.24) is 0 Å². The van der Waals surface area contributed by atoms with Crippen LogP contribution >= 0.6 is 11.8 Å². The molecule has 1 saturated carbocycles. The Morgan fingerprint density at radius 2 is 2.07 bits per heavy atom. The zero-order valence-electron chi connectivity index (χ0n) is 8.12. The summed E-state index contributed by atoms with van der Waals surface area (Å²) in [5, 5.41) is 9.62. The summed E-state index contributed by atoms with van der Waals surface area (Å²) in [6, 6.07) is 3.55. The maximum atomic E-state index is 13.3. The molecular weight excluding hydrogens is 218 g/mol. The molecule has 0 aliphatic heterocycles. The highest BCUT2D eigenvalue weighted by molar-refractivity contribution is 8.00. The van der Waals surface area contributed by atoms with Gasteiger partial charge in [-0.25, -0.2) is 8.78 Å². The summed E-state index contributed by atoms with van der Waals surface area (Å²) in [5.74, 6) is -1.11. The van der Waals surface area contributed by atoms with Crippen molar-refractivity contribution in [3.05, 3.63) is 29.8 Å². The first kappa shape index (κ1) is 10.9. The molecule has 4 heteroatoms. The maximum Gasteiger partial charge on any atom is 0.139 e. The number of rotatable bonds is 2. The quantitative estimate of drug-likeness (QED) is 0.842. The van der Waals surface area contributed by atoms with Crippen LogP contribution in [0.2, 0.25) is 0 Å². The van der Waals surface area contributed by atoms with Crippen LogP contribution in [0.5, 0.6) is 0 Å². The Morgan fingerprint density at radius 3 is 2.67 bits per heavy atom. The number of hydrogen-bond donors (Lipinski definition) is 1. The smallest absolute Gasteiger partial charge is 0.139 e. The lowest BCUT2D eigenvalue weighted by molar-refractivity contribution is 0.188. The summed E-state index contributed by atoms with van der Waals surface area (Å²) in [5.41, 5.74) is 0. The van der Waals surface area contributed by atoms with Crippen molar-refractivity contribution in [2.75, 3.05) is 0 Å². The van der Waals surface area contributed by atoms with E-state index in [4.69, 9.17) is 0 Å². The largest absolute Gasteiger partial charge is 0.392 e. The van der Waals surface area contributed by atoms with Gasteiger partial charge in [0, 0.05) is 16.2 Å². The Labute approximate surface area is 91.5 Å². The molecule has 1 aliphatic carbocycles. The number of hydrogen-bond acceptors (Lipinski definition) is 2. The number of thioether (sulfide) groups is 1. The van der Waals surface area contributed by atoms with Gasteiger partial charge >= 0.3 is 0 Å². The van der Waals surface area contributed by atoms with Crippen molar-refractivity contribution < 1.29 is 13.9 Å². The van der Waals surface area contributed by atoms with Crippen LogP contribution < -0.4 is 0 Å². The van der Waals surface area contributed by atoms with E-state index in [1.54, 1.807) is 0 Å². The second-order valence-electron chi connectivity index (χ2n) is 3.73. The molecule has 0 amide bonds. The Bertz CT molecular complexity index is 356. The van der Waals surface area contributed by atoms with Crippen LogP contribution in [0.15, 0.2) is 23.1 Å². The van der Waals surface area contributed by atoms with Crippen molar-refractivity contribution in [1.29, 1.82) is 0 Å². The molecule has 1 aromatic rings. The molecule has 2 atom stereocenters. The lowest BCUT2D eigenvalue weighted by Gasteiger charge is -2.13. The van der Waals surface area contributed by atoms with Gasteiger partial charge in [-0.2, -0.15) is 0 Å². The average molecular weight is 230 g/mol. The standard InChI is InChI=1S/C11H12F2OS/c12-7-4-5-10(8(13)6-7)15-11-3-1-2-9(11)14/h4-6,9,11,14H,1-3H2/t9-,11-/m0/s1. The van der Waals surface area contributed by atoms with Gasteiger partial charge in [0.05, 0.1) is 6.10 Å². The molecule has 0 unspecified atom stereocenters. The summed E-state index contributed by atoms with van der Waals surface area (Å²) in [6.45, 7) is 0. The lowest BCUT2D eigenvalue weighted by Crippen LogP contribution is -2.15. The van der Waals surface area contributed by atoms with Crippen LogP contribution in [0.3, 0.4) is 0 Å². The number of aliphatic hydroxyl groups excluding tert-OH is 1. The van der Waals surface area contributed by atoms with E-state index in [1.165, 1.54) is 23.9 Å². The van der Waals surface area contributed by atoms with E-state index in [1.807, 2.05) is 0 Å². The minimum absolute atomic E-state index is 0.0463. The van der Waals surface area contributed by atoms with Crippen molar-refractivity contribution in [3.8, 4) is 0 Å². The van der Waals surface area contributed by atoms with Gasteiger partial charge in [-0.05, 0) is 31.4 Å². The van der Waals surface area contributed by atoms with Crippen LogP contribution in [-0.2, 0) is 0 Å². The molecule has 0 spiro atoms. The first-order valence-electron chi connectivity index (χ1n) is 4.96. The predicted molar refractivity (Wildman–Crippen MR) is 55.9 cm³/mol.